The molecule has 1 aromatic carbocycles. The fourth-order valence-electron chi connectivity index (χ4n) is 3.92. The fraction of sp³-hybridized carbons (Fsp3) is 0.667. The van der Waals surface area contributed by atoms with Gasteiger partial charge >= 0.3 is 0 Å². The van der Waals surface area contributed by atoms with Crippen molar-refractivity contribution in [1.29, 1.82) is 0 Å². The molecule has 0 aromatic heterocycles. The van der Waals surface area contributed by atoms with Crippen molar-refractivity contribution < 1.29 is 4.74 Å². The van der Waals surface area contributed by atoms with Crippen LogP contribution < -0.4 is 10.6 Å². The predicted molar refractivity (Wildman–Crippen MR) is 128 cm³/mol. The van der Waals surface area contributed by atoms with Gasteiger partial charge in [-0.05, 0) is 50.8 Å². The Labute approximate surface area is 185 Å². The molecule has 4 nitrogen and oxygen atoms in total. The van der Waals surface area contributed by atoms with Crippen molar-refractivity contribution in [1.82, 2.24) is 10.6 Å². The van der Waals surface area contributed by atoms with E-state index in [1.807, 2.05) is 0 Å². The first kappa shape index (κ1) is 22.8. The summed E-state index contributed by atoms with van der Waals surface area (Å²) in [6, 6.07) is 10.9. The molecule has 1 atom stereocenters. The summed E-state index contributed by atoms with van der Waals surface area (Å²) in [6.07, 6.45) is 4.69. The highest BCUT2D eigenvalue weighted by atomic mass is 127. The highest BCUT2D eigenvalue weighted by molar-refractivity contribution is 14.0. The number of rotatable bonds is 6. The van der Waals surface area contributed by atoms with Crippen LogP contribution in [0.3, 0.4) is 0 Å². The van der Waals surface area contributed by atoms with E-state index in [0.717, 1.165) is 51.6 Å². The maximum absolute atomic E-state index is 5.65. The number of aliphatic imine (C=N–C) groups is 1. The van der Waals surface area contributed by atoms with Crippen LogP contribution in [0.1, 0.15) is 45.1 Å². The second kappa shape index (κ2) is 10.9. The molecule has 0 bridgehead atoms. The van der Waals surface area contributed by atoms with Gasteiger partial charge in [-0.25, -0.2) is 0 Å². The lowest BCUT2D eigenvalue weighted by Crippen LogP contribution is -2.48. The van der Waals surface area contributed by atoms with Gasteiger partial charge in [0.05, 0.1) is 6.54 Å². The van der Waals surface area contributed by atoms with Crippen LogP contribution in [0.25, 0.3) is 0 Å². The Kier molecular flexibility index (Phi) is 9.22. The first-order chi connectivity index (χ1) is 12.7. The van der Waals surface area contributed by atoms with E-state index in [9.17, 15) is 0 Å². The second-order valence-electron chi connectivity index (χ2n) is 7.71. The molecule has 0 radical (unpaired) electrons. The SMILES string of the molecule is CCNC(=NCC1(C)CCCS1)NCC1(c2ccccc2)CCOCC1.I. The molecule has 0 amide bonds. The summed E-state index contributed by atoms with van der Waals surface area (Å²) in [7, 11) is 0. The Hall–Kier alpha value is -0.470. The molecule has 0 aliphatic carbocycles. The summed E-state index contributed by atoms with van der Waals surface area (Å²) >= 11 is 2.07. The molecule has 27 heavy (non-hydrogen) atoms. The van der Waals surface area contributed by atoms with Crippen LogP contribution in [0.5, 0.6) is 0 Å². The first-order valence-electron chi connectivity index (χ1n) is 9.95. The number of benzene rings is 1. The van der Waals surface area contributed by atoms with Crippen molar-refractivity contribution in [2.24, 2.45) is 4.99 Å². The topological polar surface area (TPSA) is 45.7 Å². The molecule has 0 saturated carbocycles. The highest BCUT2D eigenvalue weighted by Crippen LogP contribution is 2.38. The number of nitrogens with zero attached hydrogens (tertiary/aromatic N) is 1. The number of hydrogen-bond acceptors (Lipinski definition) is 3. The average molecular weight is 503 g/mol. The van der Waals surface area contributed by atoms with Crippen LogP contribution in [0.4, 0.5) is 0 Å². The molecule has 2 N–H and O–H groups in total. The van der Waals surface area contributed by atoms with Gasteiger partial charge in [0.15, 0.2) is 5.96 Å². The lowest BCUT2D eigenvalue weighted by atomic mass is 9.74. The van der Waals surface area contributed by atoms with E-state index in [0.29, 0.717) is 4.75 Å². The zero-order chi connectivity index (χ0) is 18.3. The third kappa shape index (κ3) is 6.26. The molecular formula is C21H34IN3OS. The van der Waals surface area contributed by atoms with E-state index in [4.69, 9.17) is 9.73 Å². The molecule has 0 spiro atoms. The van der Waals surface area contributed by atoms with Crippen LogP contribution in [0, 0.1) is 0 Å². The van der Waals surface area contributed by atoms with Gasteiger partial charge < -0.3 is 15.4 Å². The third-order valence-corrected chi connectivity index (χ3v) is 7.17. The van der Waals surface area contributed by atoms with Crippen LogP contribution in [0.15, 0.2) is 35.3 Å². The standard InChI is InChI=1S/C21H33N3OS.HI/c1-3-22-19(23-16-20(2)10-7-15-26-20)24-17-21(11-13-25-14-12-21)18-8-5-4-6-9-18;/h4-6,8-9H,3,7,10-17H2,1-2H3,(H2,22,23,24);1H. The Balaban J connectivity index is 0.00000261. The van der Waals surface area contributed by atoms with E-state index < -0.39 is 0 Å². The van der Waals surface area contributed by atoms with Gasteiger partial charge in [-0.1, -0.05) is 30.3 Å². The van der Waals surface area contributed by atoms with E-state index in [-0.39, 0.29) is 29.4 Å². The minimum absolute atomic E-state index is 0. The molecule has 152 valence electrons. The number of ether oxygens (including phenoxy) is 1. The molecule has 2 saturated heterocycles. The van der Waals surface area contributed by atoms with Gasteiger partial charge in [0.2, 0.25) is 0 Å². The first-order valence-corrected chi connectivity index (χ1v) is 10.9. The molecule has 2 aliphatic heterocycles. The number of nitrogens with one attached hydrogen (secondary N) is 2. The van der Waals surface area contributed by atoms with Gasteiger partial charge in [0, 0.05) is 36.5 Å². The van der Waals surface area contributed by atoms with Gasteiger partial charge in [0.25, 0.3) is 0 Å². The van der Waals surface area contributed by atoms with Crippen LogP contribution in [-0.4, -0.2) is 49.3 Å². The van der Waals surface area contributed by atoms with Crippen molar-refractivity contribution in [2.75, 3.05) is 38.6 Å². The lowest BCUT2D eigenvalue weighted by molar-refractivity contribution is 0.0514. The van der Waals surface area contributed by atoms with Crippen molar-refractivity contribution in [3.8, 4) is 0 Å². The Morgan fingerprint density at radius 3 is 2.52 bits per heavy atom. The number of guanidine groups is 1. The molecule has 1 unspecified atom stereocenters. The Morgan fingerprint density at radius 1 is 1.15 bits per heavy atom. The number of thioether (sulfide) groups is 1. The van der Waals surface area contributed by atoms with Crippen LogP contribution >= 0.6 is 35.7 Å². The monoisotopic (exact) mass is 503 g/mol. The zero-order valence-corrected chi connectivity index (χ0v) is 19.8. The van der Waals surface area contributed by atoms with Gasteiger partial charge in [-0.3, -0.25) is 4.99 Å². The molecule has 2 aliphatic rings. The van der Waals surface area contributed by atoms with Gasteiger partial charge in [-0.15, -0.1) is 24.0 Å². The molecule has 2 fully saturated rings. The Bertz CT molecular complexity index is 584. The van der Waals surface area contributed by atoms with E-state index in [2.05, 4.69) is 66.6 Å². The summed E-state index contributed by atoms with van der Waals surface area (Å²) in [5.41, 5.74) is 1.53. The highest BCUT2D eigenvalue weighted by Gasteiger charge is 2.34. The lowest BCUT2D eigenvalue weighted by Gasteiger charge is -2.38. The molecule has 1 aromatic rings. The van der Waals surface area contributed by atoms with E-state index in [1.165, 1.54) is 24.2 Å². The maximum Gasteiger partial charge on any atom is 0.191 e. The zero-order valence-electron chi connectivity index (χ0n) is 16.6. The average Bonchev–Trinajstić information content (AvgIpc) is 3.12. The summed E-state index contributed by atoms with van der Waals surface area (Å²) in [5.74, 6) is 2.22. The summed E-state index contributed by atoms with van der Waals surface area (Å²) < 4.78 is 5.96. The molecule has 6 heteroatoms. The minimum Gasteiger partial charge on any atom is -0.381 e. The van der Waals surface area contributed by atoms with Crippen molar-refractivity contribution in [3.05, 3.63) is 35.9 Å². The minimum atomic E-state index is 0. The van der Waals surface area contributed by atoms with Gasteiger partial charge in [-0.2, -0.15) is 11.8 Å². The smallest absolute Gasteiger partial charge is 0.191 e. The van der Waals surface area contributed by atoms with Crippen LogP contribution in [0.2, 0.25) is 0 Å². The molecular weight excluding hydrogens is 469 g/mol. The Morgan fingerprint density at radius 2 is 1.89 bits per heavy atom. The fourth-order valence-corrected chi connectivity index (χ4v) is 5.15. The van der Waals surface area contributed by atoms with E-state index >= 15 is 0 Å². The summed E-state index contributed by atoms with van der Waals surface area (Å²) in [6.45, 7) is 8.81. The van der Waals surface area contributed by atoms with Crippen LogP contribution in [-0.2, 0) is 10.2 Å². The third-order valence-electron chi connectivity index (χ3n) is 5.65. The van der Waals surface area contributed by atoms with Crippen molar-refractivity contribution in [2.45, 2.75) is 49.7 Å². The predicted octanol–water partition coefficient (Wildman–Crippen LogP) is 4.19. The maximum atomic E-state index is 5.65. The molecule has 3 rings (SSSR count). The normalized spacial score (nSPS) is 24.9. The van der Waals surface area contributed by atoms with E-state index in [1.54, 1.807) is 0 Å². The largest absolute Gasteiger partial charge is 0.381 e. The van der Waals surface area contributed by atoms with Crippen molar-refractivity contribution >= 4 is 41.7 Å². The molecule has 2 heterocycles. The second-order valence-corrected chi connectivity index (χ2v) is 9.39. The summed E-state index contributed by atoms with van der Waals surface area (Å²) in [4.78, 5) is 4.92. The van der Waals surface area contributed by atoms with Crippen molar-refractivity contribution in [3.63, 3.8) is 0 Å². The van der Waals surface area contributed by atoms with Gasteiger partial charge in [0.1, 0.15) is 0 Å². The number of hydrogen-bond donors (Lipinski definition) is 2. The summed E-state index contributed by atoms with van der Waals surface area (Å²) in [5, 5.41) is 7.08. The number of halogens is 1. The quantitative estimate of drug-likeness (QED) is 0.347.